The smallest absolute Gasteiger partial charge is 0.0597 e. The SMILES string of the molecule is CCC1CNC(C)(CC)CN1Cc1cc(C)nn1CC. The van der Waals surface area contributed by atoms with E-state index >= 15 is 0 Å². The lowest BCUT2D eigenvalue weighted by Crippen LogP contribution is -2.62. The molecule has 0 saturated carbocycles. The topological polar surface area (TPSA) is 33.1 Å². The largest absolute Gasteiger partial charge is 0.309 e. The van der Waals surface area contributed by atoms with E-state index in [1.54, 1.807) is 0 Å². The standard InChI is InChI=1S/C16H30N4/c1-6-14-10-17-16(5,7-2)12-19(14)11-15-9-13(4)18-20(15)8-3/h9,14,17H,6-8,10-12H2,1-5H3. The van der Waals surface area contributed by atoms with E-state index in [4.69, 9.17) is 0 Å². The highest BCUT2D eigenvalue weighted by Crippen LogP contribution is 2.22. The van der Waals surface area contributed by atoms with E-state index in [2.05, 4.69) is 60.7 Å². The predicted molar refractivity (Wildman–Crippen MR) is 83.8 cm³/mol. The minimum Gasteiger partial charge on any atom is -0.309 e. The van der Waals surface area contributed by atoms with E-state index in [9.17, 15) is 0 Å². The van der Waals surface area contributed by atoms with Gasteiger partial charge in [0.1, 0.15) is 0 Å². The Morgan fingerprint density at radius 2 is 2.15 bits per heavy atom. The summed E-state index contributed by atoms with van der Waals surface area (Å²) in [7, 11) is 0. The van der Waals surface area contributed by atoms with Crippen LogP contribution in [0.5, 0.6) is 0 Å². The molecule has 0 spiro atoms. The number of rotatable bonds is 5. The Morgan fingerprint density at radius 3 is 2.75 bits per heavy atom. The third kappa shape index (κ3) is 3.23. The second kappa shape index (κ2) is 6.27. The van der Waals surface area contributed by atoms with Gasteiger partial charge in [0.2, 0.25) is 0 Å². The molecule has 1 fully saturated rings. The maximum absolute atomic E-state index is 4.58. The van der Waals surface area contributed by atoms with Crippen LogP contribution in [0.2, 0.25) is 0 Å². The third-order valence-corrected chi connectivity index (χ3v) is 4.73. The highest BCUT2D eigenvalue weighted by atomic mass is 15.3. The monoisotopic (exact) mass is 278 g/mol. The van der Waals surface area contributed by atoms with Crippen LogP contribution in [0.4, 0.5) is 0 Å². The van der Waals surface area contributed by atoms with Crippen molar-refractivity contribution in [3.8, 4) is 0 Å². The fourth-order valence-corrected chi connectivity index (χ4v) is 3.16. The molecule has 1 aliphatic rings. The number of aryl methyl sites for hydroxylation is 2. The molecule has 1 aromatic rings. The Labute approximate surface area is 123 Å². The number of nitrogens with one attached hydrogen (secondary N) is 1. The molecule has 4 nitrogen and oxygen atoms in total. The predicted octanol–water partition coefficient (Wildman–Crippen LogP) is 2.56. The third-order valence-electron chi connectivity index (χ3n) is 4.73. The Kier molecular flexibility index (Phi) is 4.86. The Hall–Kier alpha value is -0.870. The minimum atomic E-state index is 0.248. The van der Waals surface area contributed by atoms with Crippen LogP contribution in [0.25, 0.3) is 0 Å². The van der Waals surface area contributed by atoms with Crippen LogP contribution >= 0.6 is 0 Å². The first-order valence-corrected chi connectivity index (χ1v) is 8.03. The van der Waals surface area contributed by atoms with Crippen molar-refractivity contribution in [2.24, 2.45) is 0 Å². The molecule has 0 aliphatic carbocycles. The molecule has 1 aromatic heterocycles. The molecule has 2 unspecified atom stereocenters. The van der Waals surface area contributed by atoms with Crippen LogP contribution in [-0.4, -0.2) is 39.4 Å². The fraction of sp³-hybridized carbons (Fsp3) is 0.812. The van der Waals surface area contributed by atoms with E-state index in [0.29, 0.717) is 6.04 Å². The average Bonchev–Trinajstić information content (AvgIpc) is 2.79. The molecule has 1 saturated heterocycles. The fourth-order valence-electron chi connectivity index (χ4n) is 3.16. The quantitative estimate of drug-likeness (QED) is 0.898. The van der Waals surface area contributed by atoms with Crippen molar-refractivity contribution in [3.63, 3.8) is 0 Å². The first kappa shape index (κ1) is 15.5. The summed E-state index contributed by atoms with van der Waals surface area (Å²) in [5, 5.41) is 8.31. The van der Waals surface area contributed by atoms with Gasteiger partial charge in [-0.3, -0.25) is 9.58 Å². The van der Waals surface area contributed by atoms with Gasteiger partial charge in [0.15, 0.2) is 0 Å². The molecule has 20 heavy (non-hydrogen) atoms. The average molecular weight is 278 g/mol. The van der Waals surface area contributed by atoms with Gasteiger partial charge in [-0.1, -0.05) is 13.8 Å². The van der Waals surface area contributed by atoms with Gasteiger partial charge in [0.05, 0.1) is 11.4 Å². The van der Waals surface area contributed by atoms with Crippen LogP contribution < -0.4 is 5.32 Å². The molecular formula is C16H30N4. The van der Waals surface area contributed by atoms with Crippen LogP contribution in [0, 0.1) is 6.92 Å². The second-order valence-corrected chi connectivity index (χ2v) is 6.35. The highest BCUT2D eigenvalue weighted by molar-refractivity contribution is 5.10. The normalized spacial score (nSPS) is 27.9. The van der Waals surface area contributed by atoms with Gasteiger partial charge >= 0.3 is 0 Å². The van der Waals surface area contributed by atoms with Gasteiger partial charge < -0.3 is 5.32 Å². The number of aromatic nitrogens is 2. The van der Waals surface area contributed by atoms with E-state index in [0.717, 1.165) is 31.9 Å². The number of nitrogens with zero attached hydrogens (tertiary/aromatic N) is 3. The Bertz CT molecular complexity index is 440. The maximum atomic E-state index is 4.58. The Balaban J connectivity index is 2.15. The lowest BCUT2D eigenvalue weighted by molar-refractivity contribution is 0.0731. The van der Waals surface area contributed by atoms with Crippen LogP contribution in [0.1, 0.15) is 51.9 Å². The van der Waals surface area contributed by atoms with Gasteiger partial charge in [-0.25, -0.2) is 0 Å². The summed E-state index contributed by atoms with van der Waals surface area (Å²) in [5.41, 5.74) is 2.73. The molecule has 0 amide bonds. The molecule has 2 rings (SSSR count). The van der Waals surface area contributed by atoms with E-state index in [1.807, 2.05) is 0 Å². The Morgan fingerprint density at radius 1 is 1.40 bits per heavy atom. The molecule has 0 radical (unpaired) electrons. The van der Waals surface area contributed by atoms with Crippen molar-refractivity contribution in [2.45, 2.75) is 72.1 Å². The van der Waals surface area contributed by atoms with Gasteiger partial charge in [-0.15, -0.1) is 0 Å². The lowest BCUT2D eigenvalue weighted by Gasteiger charge is -2.46. The van der Waals surface area contributed by atoms with Gasteiger partial charge in [-0.05, 0) is 39.7 Å². The lowest BCUT2D eigenvalue weighted by atomic mass is 9.92. The molecule has 114 valence electrons. The summed E-state index contributed by atoms with van der Waals surface area (Å²) in [5.74, 6) is 0. The van der Waals surface area contributed by atoms with Gasteiger partial charge in [-0.2, -0.15) is 5.10 Å². The van der Waals surface area contributed by atoms with E-state index in [1.165, 1.54) is 18.5 Å². The van der Waals surface area contributed by atoms with Crippen molar-refractivity contribution in [3.05, 3.63) is 17.5 Å². The molecular weight excluding hydrogens is 248 g/mol. The first-order chi connectivity index (χ1) is 9.51. The number of piperazine rings is 1. The second-order valence-electron chi connectivity index (χ2n) is 6.35. The summed E-state index contributed by atoms with van der Waals surface area (Å²) in [4.78, 5) is 2.64. The molecule has 0 bridgehead atoms. The van der Waals surface area contributed by atoms with Gasteiger partial charge in [0, 0.05) is 37.8 Å². The summed E-state index contributed by atoms with van der Waals surface area (Å²) in [6, 6.07) is 2.87. The molecule has 0 aromatic carbocycles. The zero-order valence-corrected chi connectivity index (χ0v) is 13.7. The van der Waals surface area contributed by atoms with Crippen molar-refractivity contribution >= 4 is 0 Å². The summed E-state index contributed by atoms with van der Waals surface area (Å²) in [6.07, 6.45) is 2.37. The van der Waals surface area contributed by atoms with Crippen molar-refractivity contribution < 1.29 is 0 Å². The minimum absolute atomic E-state index is 0.248. The first-order valence-electron chi connectivity index (χ1n) is 8.03. The van der Waals surface area contributed by atoms with Crippen molar-refractivity contribution in [1.29, 1.82) is 0 Å². The molecule has 1 N–H and O–H groups in total. The molecule has 2 atom stereocenters. The van der Waals surface area contributed by atoms with E-state index < -0.39 is 0 Å². The molecule has 1 aliphatic heterocycles. The molecule has 4 heteroatoms. The summed E-state index contributed by atoms with van der Waals surface area (Å²) in [6.45, 7) is 15.3. The zero-order chi connectivity index (χ0) is 14.8. The number of hydrogen-bond donors (Lipinski definition) is 1. The van der Waals surface area contributed by atoms with Crippen molar-refractivity contribution in [2.75, 3.05) is 13.1 Å². The van der Waals surface area contributed by atoms with Crippen LogP contribution in [-0.2, 0) is 13.1 Å². The van der Waals surface area contributed by atoms with Crippen molar-refractivity contribution in [1.82, 2.24) is 20.0 Å². The summed E-state index contributed by atoms with van der Waals surface area (Å²) < 4.78 is 2.15. The van der Waals surface area contributed by atoms with Gasteiger partial charge in [0.25, 0.3) is 0 Å². The van der Waals surface area contributed by atoms with E-state index in [-0.39, 0.29) is 5.54 Å². The van der Waals surface area contributed by atoms with Crippen LogP contribution in [0.15, 0.2) is 6.07 Å². The zero-order valence-electron chi connectivity index (χ0n) is 13.7. The summed E-state index contributed by atoms with van der Waals surface area (Å²) >= 11 is 0. The highest BCUT2D eigenvalue weighted by Gasteiger charge is 2.34. The number of hydrogen-bond acceptors (Lipinski definition) is 3. The van der Waals surface area contributed by atoms with Crippen LogP contribution in [0.3, 0.4) is 0 Å². The maximum Gasteiger partial charge on any atom is 0.0597 e. The molecule has 2 heterocycles.